The lowest BCUT2D eigenvalue weighted by molar-refractivity contribution is 0.399. The highest BCUT2D eigenvalue weighted by Crippen LogP contribution is 2.53. The van der Waals surface area contributed by atoms with Gasteiger partial charge in [-0.1, -0.05) is 43.3 Å². The molecule has 134 valence electrons. The molecule has 3 rings (SSSR count). The molecule has 6 heteroatoms. The average Bonchev–Trinajstić information content (AvgIpc) is 3.25. The fraction of sp³-hybridized carbons (Fsp3) is 0.421. The maximum absolute atomic E-state index is 13.1. The third-order valence-electron chi connectivity index (χ3n) is 4.27. The molecule has 0 aliphatic heterocycles. The zero-order valence-electron chi connectivity index (χ0n) is 15.1. The normalized spacial score (nSPS) is 16.6. The molecule has 1 unspecified atom stereocenters. The molecule has 1 heterocycles. The van der Waals surface area contributed by atoms with Crippen molar-refractivity contribution in [1.82, 2.24) is 10.1 Å². The second kappa shape index (κ2) is 7.59. The van der Waals surface area contributed by atoms with Crippen LogP contribution in [0.4, 0.5) is 4.39 Å². The summed E-state index contributed by atoms with van der Waals surface area (Å²) >= 11 is 0. The fourth-order valence-corrected chi connectivity index (χ4v) is 2.72. The Labute approximate surface area is 147 Å². The molecule has 1 saturated carbocycles. The summed E-state index contributed by atoms with van der Waals surface area (Å²) in [6.07, 6.45) is 1.79. The summed E-state index contributed by atoms with van der Waals surface area (Å²) in [7, 11) is 0. The Morgan fingerprint density at radius 3 is 2.56 bits per heavy atom. The summed E-state index contributed by atoms with van der Waals surface area (Å²) in [4.78, 5) is 4.35. The summed E-state index contributed by atoms with van der Waals surface area (Å²) in [6, 6.07) is 8.13. The number of aryl methyl sites for hydroxylation is 1. The standard InChI is InChI=1S/C17H19FN4O.C2H6/c1-10-5-3-4-6-12(10)17(7-8-17)16-21-15(23-22-16)14(20)9-13(19)11(2)18;1-2/h3-6,9,11,20H,7-8,19H2,1-2H3;1-2H3/b13-9-,20-14?;. The van der Waals surface area contributed by atoms with Crippen LogP contribution >= 0.6 is 0 Å². The van der Waals surface area contributed by atoms with Gasteiger partial charge in [0.2, 0.25) is 0 Å². The number of nitrogens with one attached hydrogen (secondary N) is 1. The predicted molar refractivity (Wildman–Crippen MR) is 96.5 cm³/mol. The van der Waals surface area contributed by atoms with E-state index in [0.29, 0.717) is 5.82 Å². The Hall–Kier alpha value is -2.50. The van der Waals surface area contributed by atoms with Crippen LogP contribution in [0.1, 0.15) is 56.5 Å². The van der Waals surface area contributed by atoms with E-state index in [1.807, 2.05) is 26.0 Å². The smallest absolute Gasteiger partial charge is 0.275 e. The highest BCUT2D eigenvalue weighted by Gasteiger charge is 2.50. The average molecular weight is 344 g/mol. The molecule has 0 bridgehead atoms. The lowest BCUT2D eigenvalue weighted by atomic mass is 9.91. The van der Waals surface area contributed by atoms with E-state index in [4.69, 9.17) is 15.7 Å². The second-order valence-electron chi connectivity index (χ2n) is 5.99. The van der Waals surface area contributed by atoms with Crippen LogP contribution in [-0.2, 0) is 5.41 Å². The molecule has 1 fully saturated rings. The van der Waals surface area contributed by atoms with E-state index in [1.165, 1.54) is 24.1 Å². The van der Waals surface area contributed by atoms with Crippen LogP contribution in [0.5, 0.6) is 0 Å². The highest BCUT2D eigenvalue weighted by molar-refractivity contribution is 6.03. The Morgan fingerprint density at radius 1 is 1.36 bits per heavy atom. The van der Waals surface area contributed by atoms with Crippen molar-refractivity contribution >= 4 is 5.71 Å². The first kappa shape index (κ1) is 18.8. The minimum atomic E-state index is -1.32. The minimum Gasteiger partial charge on any atom is -0.400 e. The molecule has 0 saturated heterocycles. The fourth-order valence-electron chi connectivity index (χ4n) is 2.72. The third-order valence-corrected chi connectivity index (χ3v) is 4.27. The lowest BCUT2D eigenvalue weighted by Crippen LogP contribution is -2.13. The molecule has 0 spiro atoms. The van der Waals surface area contributed by atoms with E-state index in [2.05, 4.69) is 29.2 Å². The first-order valence-corrected chi connectivity index (χ1v) is 8.54. The number of hydrogen-bond donors (Lipinski definition) is 2. The van der Waals surface area contributed by atoms with Crippen LogP contribution in [0.15, 0.2) is 40.6 Å². The largest absolute Gasteiger partial charge is 0.400 e. The van der Waals surface area contributed by atoms with Gasteiger partial charge >= 0.3 is 0 Å². The van der Waals surface area contributed by atoms with E-state index < -0.39 is 6.17 Å². The molecule has 5 nitrogen and oxygen atoms in total. The monoisotopic (exact) mass is 344 g/mol. The van der Waals surface area contributed by atoms with Gasteiger partial charge in [0.25, 0.3) is 5.89 Å². The van der Waals surface area contributed by atoms with E-state index in [9.17, 15) is 4.39 Å². The molecule has 1 aliphatic carbocycles. The SMILES string of the molecule is CC.Cc1ccccc1C1(c2noc(C(=N)/C=C(\N)C(C)F)n2)CC1. The van der Waals surface area contributed by atoms with Gasteiger partial charge in [-0.3, -0.25) is 5.41 Å². The minimum absolute atomic E-state index is 0.0326. The lowest BCUT2D eigenvalue weighted by Gasteiger charge is -2.13. The molecule has 25 heavy (non-hydrogen) atoms. The van der Waals surface area contributed by atoms with Crippen molar-refractivity contribution in [3.63, 3.8) is 0 Å². The van der Waals surface area contributed by atoms with Crippen LogP contribution in [0.3, 0.4) is 0 Å². The van der Waals surface area contributed by atoms with Gasteiger partial charge < -0.3 is 10.3 Å². The van der Waals surface area contributed by atoms with Crippen LogP contribution < -0.4 is 5.73 Å². The number of aromatic nitrogens is 2. The Morgan fingerprint density at radius 2 is 2.00 bits per heavy atom. The molecule has 2 aromatic rings. The van der Waals surface area contributed by atoms with Crippen LogP contribution in [0, 0.1) is 12.3 Å². The van der Waals surface area contributed by atoms with Gasteiger partial charge in [-0.15, -0.1) is 0 Å². The molecule has 0 radical (unpaired) electrons. The van der Waals surface area contributed by atoms with Gasteiger partial charge in [0.05, 0.1) is 5.41 Å². The van der Waals surface area contributed by atoms with Gasteiger partial charge in [-0.2, -0.15) is 4.98 Å². The van der Waals surface area contributed by atoms with Gasteiger partial charge in [0.15, 0.2) is 5.82 Å². The van der Waals surface area contributed by atoms with E-state index in [-0.39, 0.29) is 22.7 Å². The Kier molecular flexibility index (Phi) is 5.72. The van der Waals surface area contributed by atoms with Crippen molar-refractivity contribution in [3.8, 4) is 0 Å². The predicted octanol–water partition coefficient (Wildman–Crippen LogP) is 4.05. The first-order valence-electron chi connectivity index (χ1n) is 8.54. The van der Waals surface area contributed by atoms with Gasteiger partial charge in [0.1, 0.15) is 11.9 Å². The molecular weight excluding hydrogens is 319 g/mol. The number of nitrogens with zero attached hydrogens (tertiary/aromatic N) is 2. The zero-order chi connectivity index (χ0) is 18.6. The van der Waals surface area contributed by atoms with Gasteiger partial charge in [-0.05, 0) is 43.9 Å². The number of allylic oxidation sites excluding steroid dienone is 2. The molecule has 1 aliphatic rings. The number of hydrogen-bond acceptors (Lipinski definition) is 5. The van der Waals surface area contributed by atoms with Crippen molar-refractivity contribution in [1.29, 1.82) is 5.41 Å². The van der Waals surface area contributed by atoms with E-state index >= 15 is 0 Å². The van der Waals surface area contributed by atoms with Crippen molar-refractivity contribution in [2.24, 2.45) is 5.73 Å². The summed E-state index contributed by atoms with van der Waals surface area (Å²) in [5, 5.41) is 12.0. The van der Waals surface area contributed by atoms with Gasteiger partial charge in [-0.25, -0.2) is 4.39 Å². The molecule has 1 atom stereocenters. The van der Waals surface area contributed by atoms with Crippen LogP contribution in [0.2, 0.25) is 0 Å². The number of nitrogens with two attached hydrogens (primary N) is 1. The van der Waals surface area contributed by atoms with Crippen LogP contribution in [-0.4, -0.2) is 22.0 Å². The first-order chi connectivity index (χ1) is 11.9. The third kappa shape index (κ3) is 3.78. The Balaban J connectivity index is 0.00000109. The Bertz CT molecular complexity index is 775. The van der Waals surface area contributed by atoms with Crippen LogP contribution in [0.25, 0.3) is 0 Å². The van der Waals surface area contributed by atoms with Crippen molar-refractivity contribution in [3.05, 3.63) is 58.9 Å². The number of rotatable bonds is 5. The molecule has 1 aromatic carbocycles. The van der Waals surface area contributed by atoms with E-state index in [1.54, 1.807) is 0 Å². The van der Waals surface area contributed by atoms with Crippen molar-refractivity contribution in [2.75, 3.05) is 0 Å². The quantitative estimate of drug-likeness (QED) is 0.801. The zero-order valence-corrected chi connectivity index (χ0v) is 15.1. The van der Waals surface area contributed by atoms with Crippen molar-refractivity contribution in [2.45, 2.75) is 52.1 Å². The van der Waals surface area contributed by atoms with Crippen molar-refractivity contribution < 1.29 is 8.91 Å². The molecular formula is C19H25FN4O. The number of alkyl halides is 1. The highest BCUT2D eigenvalue weighted by atomic mass is 19.1. The summed E-state index contributed by atoms with van der Waals surface area (Å²) in [5.74, 6) is 0.635. The molecule has 3 N–H and O–H groups in total. The van der Waals surface area contributed by atoms with Gasteiger partial charge in [0, 0.05) is 5.70 Å². The molecule has 0 amide bonds. The van der Waals surface area contributed by atoms with E-state index in [0.717, 1.165) is 12.8 Å². The summed E-state index contributed by atoms with van der Waals surface area (Å²) in [5.41, 5.74) is 7.56. The maximum Gasteiger partial charge on any atom is 0.275 e. The summed E-state index contributed by atoms with van der Waals surface area (Å²) < 4.78 is 18.3. The number of benzene rings is 1. The molecule has 1 aromatic heterocycles. The summed E-state index contributed by atoms with van der Waals surface area (Å²) in [6.45, 7) is 7.38. The number of halogens is 1. The second-order valence-corrected chi connectivity index (χ2v) is 5.99. The maximum atomic E-state index is 13.1. The topological polar surface area (TPSA) is 88.8 Å².